The van der Waals surface area contributed by atoms with Gasteiger partial charge in [0.2, 0.25) is 35.5 Å². The van der Waals surface area contributed by atoms with Crippen molar-refractivity contribution in [2.24, 2.45) is 23.5 Å². The van der Waals surface area contributed by atoms with Gasteiger partial charge in [-0.15, -0.1) is 0 Å². The average Bonchev–Trinajstić information content (AvgIpc) is 3.11. The number of amides is 5. The number of cyclic esters (lactones) is 1. The Balaban J connectivity index is 2.50. The Morgan fingerprint density at radius 2 is 1.46 bits per heavy atom. The molecule has 2 fully saturated rings. The van der Waals surface area contributed by atoms with Crippen molar-refractivity contribution >= 4 is 35.5 Å². The Hall–Kier alpha value is -3.40. The van der Waals surface area contributed by atoms with Crippen LogP contribution in [0.2, 0.25) is 0 Å². The van der Waals surface area contributed by atoms with Crippen LogP contribution in [0.25, 0.3) is 0 Å². The number of aliphatic hydroxyl groups is 1. The predicted molar refractivity (Wildman–Crippen MR) is 199 cm³/mol. The van der Waals surface area contributed by atoms with Gasteiger partial charge < -0.3 is 41.7 Å². The number of rotatable bonds is 14. The normalized spacial score (nSPS) is 27.9. The van der Waals surface area contributed by atoms with Gasteiger partial charge in [-0.05, 0) is 50.9 Å². The van der Waals surface area contributed by atoms with Crippen LogP contribution in [-0.4, -0.2) is 108 Å². The molecule has 0 radical (unpaired) electrons. The Bertz CT molecular complexity index is 1240. The second kappa shape index (κ2) is 22.9. The molecule has 0 aromatic heterocycles. The standard InChI is InChI=1S/C38H66F2N6O8/c1-7-8-9-10-11-12-13-14-15-29-24(4)37(53)46(6)28(20-23(2)3)34(50)45-32(26-16-18-38(39,40)19-17-26)36(52)43-27(21-41)33(49)44-31(25(5)47)35(51)42-22-30(48)54-29/h23-29,31-32,47H,7-22,41H2,1-6H3,(H,42,51)(H,43,52)(H,44,49)(H,45,50)/t24-,25?,27+,28+,29-,31+,32+/m1/s1. The molecular weight excluding hydrogens is 706 g/mol. The van der Waals surface area contributed by atoms with Crippen LogP contribution in [0, 0.1) is 17.8 Å². The van der Waals surface area contributed by atoms with Gasteiger partial charge in [-0.2, -0.15) is 0 Å². The summed E-state index contributed by atoms with van der Waals surface area (Å²) in [5.41, 5.74) is 5.84. The van der Waals surface area contributed by atoms with E-state index in [-0.39, 0.29) is 25.2 Å². The fourth-order valence-corrected chi connectivity index (χ4v) is 7.09. The molecular formula is C38H66F2N6O8. The maximum Gasteiger partial charge on any atom is 0.325 e. The van der Waals surface area contributed by atoms with E-state index in [1.807, 2.05) is 13.8 Å². The summed E-state index contributed by atoms with van der Waals surface area (Å²) >= 11 is 0. The highest BCUT2D eigenvalue weighted by Crippen LogP contribution is 2.37. The first kappa shape index (κ1) is 46.8. The summed E-state index contributed by atoms with van der Waals surface area (Å²) in [6.45, 7) is 7.66. The van der Waals surface area contributed by atoms with Crippen LogP contribution in [0.4, 0.5) is 8.78 Å². The fraction of sp³-hybridized carbons (Fsp3) is 0.842. The molecule has 0 aromatic rings. The quantitative estimate of drug-likeness (QED) is 0.113. The minimum atomic E-state index is -2.93. The third-order valence-corrected chi connectivity index (χ3v) is 10.5. The summed E-state index contributed by atoms with van der Waals surface area (Å²) in [6.07, 6.45) is 5.16. The molecule has 1 saturated heterocycles. The number of aliphatic hydroxyl groups excluding tert-OH is 1. The Kier molecular flexibility index (Phi) is 19.8. The SMILES string of the molecule is CCCCCCCCCC[C@H]1OC(=O)CNC(=O)[C@H](C(C)O)NC(=O)[C@H](CN)NC(=O)[C@H](C2CCC(F)(F)CC2)NC(=O)[C@H](CC(C)C)N(C)C(=O)[C@@H]1C. The number of hydrogen-bond acceptors (Lipinski definition) is 9. The molecule has 7 N–H and O–H groups in total. The summed E-state index contributed by atoms with van der Waals surface area (Å²) in [7, 11) is 1.46. The van der Waals surface area contributed by atoms with Gasteiger partial charge in [0.05, 0.1) is 12.0 Å². The topological polar surface area (TPSA) is 209 Å². The summed E-state index contributed by atoms with van der Waals surface area (Å²) in [5.74, 6) is -9.36. The Morgan fingerprint density at radius 1 is 0.870 bits per heavy atom. The van der Waals surface area contributed by atoms with Crippen LogP contribution in [0.1, 0.15) is 125 Å². The van der Waals surface area contributed by atoms with Crippen molar-refractivity contribution in [3.63, 3.8) is 0 Å². The van der Waals surface area contributed by atoms with Crippen LogP contribution in [0.5, 0.6) is 0 Å². The van der Waals surface area contributed by atoms with Gasteiger partial charge in [0, 0.05) is 26.4 Å². The van der Waals surface area contributed by atoms with Gasteiger partial charge in [0.25, 0.3) is 0 Å². The Labute approximate surface area is 319 Å². The monoisotopic (exact) mass is 772 g/mol. The zero-order chi connectivity index (χ0) is 40.6. The molecule has 5 amide bonds. The van der Waals surface area contributed by atoms with Crippen molar-refractivity contribution in [2.45, 2.75) is 167 Å². The lowest BCUT2D eigenvalue weighted by atomic mass is 9.81. The van der Waals surface area contributed by atoms with E-state index in [1.54, 1.807) is 6.92 Å². The van der Waals surface area contributed by atoms with Gasteiger partial charge in [-0.1, -0.05) is 72.6 Å². The van der Waals surface area contributed by atoms with Gasteiger partial charge >= 0.3 is 5.97 Å². The van der Waals surface area contributed by atoms with Crippen molar-refractivity contribution < 1.29 is 47.4 Å². The predicted octanol–water partition coefficient (Wildman–Crippen LogP) is 2.69. The minimum absolute atomic E-state index is 0.0877. The first-order valence-corrected chi connectivity index (χ1v) is 19.8. The van der Waals surface area contributed by atoms with Crippen molar-refractivity contribution in [3.8, 4) is 0 Å². The highest BCUT2D eigenvalue weighted by atomic mass is 19.3. The summed E-state index contributed by atoms with van der Waals surface area (Å²) < 4.78 is 34.2. The van der Waals surface area contributed by atoms with Crippen LogP contribution in [0.3, 0.4) is 0 Å². The van der Waals surface area contributed by atoms with E-state index in [4.69, 9.17) is 10.5 Å². The lowest BCUT2D eigenvalue weighted by Crippen LogP contribution is -2.62. The van der Waals surface area contributed by atoms with E-state index >= 15 is 0 Å². The number of unbranched alkanes of at least 4 members (excludes halogenated alkanes) is 7. The molecule has 0 aromatic carbocycles. The summed E-state index contributed by atoms with van der Waals surface area (Å²) in [6, 6.07) is -5.45. The largest absolute Gasteiger partial charge is 0.460 e. The van der Waals surface area contributed by atoms with E-state index < -0.39 is 116 Å². The third-order valence-electron chi connectivity index (χ3n) is 10.5. The summed E-state index contributed by atoms with van der Waals surface area (Å²) in [4.78, 5) is 82.9. The van der Waals surface area contributed by atoms with Gasteiger partial charge in [-0.3, -0.25) is 28.8 Å². The number of nitrogens with one attached hydrogen (secondary N) is 4. The smallest absolute Gasteiger partial charge is 0.325 e. The first-order chi connectivity index (χ1) is 25.4. The molecule has 7 atom stereocenters. The molecule has 1 aliphatic heterocycles. The maximum atomic E-state index is 14.2. The molecule has 1 saturated carbocycles. The van der Waals surface area contributed by atoms with Gasteiger partial charge in [0.1, 0.15) is 36.8 Å². The second-order valence-electron chi connectivity index (χ2n) is 15.6. The summed E-state index contributed by atoms with van der Waals surface area (Å²) in [5, 5.41) is 20.3. The zero-order valence-corrected chi connectivity index (χ0v) is 33.1. The van der Waals surface area contributed by atoms with Crippen molar-refractivity contribution in [2.75, 3.05) is 20.1 Å². The average molecular weight is 773 g/mol. The number of halogens is 2. The molecule has 1 unspecified atom stereocenters. The number of carbonyl (C=O) groups excluding carboxylic acids is 6. The van der Waals surface area contributed by atoms with E-state index in [0.717, 1.165) is 32.1 Å². The molecule has 0 bridgehead atoms. The fourth-order valence-electron chi connectivity index (χ4n) is 7.09. The van der Waals surface area contributed by atoms with Gasteiger partial charge in [-0.25, -0.2) is 8.78 Å². The molecule has 1 aliphatic carbocycles. The third kappa shape index (κ3) is 15.0. The molecule has 54 heavy (non-hydrogen) atoms. The van der Waals surface area contributed by atoms with E-state index in [0.29, 0.717) is 12.8 Å². The highest BCUT2D eigenvalue weighted by Gasteiger charge is 2.43. The minimum Gasteiger partial charge on any atom is -0.460 e. The lowest BCUT2D eigenvalue weighted by molar-refractivity contribution is -0.158. The number of nitrogens with two attached hydrogens (primary N) is 1. The molecule has 1 heterocycles. The number of esters is 1. The molecule has 2 aliphatic rings. The molecule has 2 rings (SSSR count). The van der Waals surface area contributed by atoms with Crippen molar-refractivity contribution in [1.82, 2.24) is 26.2 Å². The number of ether oxygens (including phenoxy) is 1. The zero-order valence-electron chi connectivity index (χ0n) is 33.1. The maximum absolute atomic E-state index is 14.2. The van der Waals surface area contributed by atoms with Crippen molar-refractivity contribution in [3.05, 3.63) is 0 Å². The molecule has 310 valence electrons. The second-order valence-corrected chi connectivity index (χ2v) is 15.6. The Morgan fingerprint density at radius 3 is 2.02 bits per heavy atom. The molecule has 16 heteroatoms. The number of hydrogen-bond donors (Lipinski definition) is 6. The lowest BCUT2D eigenvalue weighted by Gasteiger charge is -2.37. The van der Waals surface area contributed by atoms with Crippen LogP contribution in [-0.2, 0) is 33.5 Å². The van der Waals surface area contributed by atoms with Crippen LogP contribution >= 0.6 is 0 Å². The van der Waals surface area contributed by atoms with Gasteiger partial charge in [0.15, 0.2) is 0 Å². The number of likely N-dealkylation sites (N-methyl/N-ethyl adjacent to an activating group) is 1. The number of carbonyl (C=O) groups is 6. The van der Waals surface area contributed by atoms with Crippen LogP contribution < -0.4 is 27.0 Å². The van der Waals surface area contributed by atoms with E-state index in [1.165, 1.54) is 31.7 Å². The first-order valence-electron chi connectivity index (χ1n) is 19.8. The van der Waals surface area contributed by atoms with Crippen LogP contribution in [0.15, 0.2) is 0 Å². The number of nitrogens with zero attached hydrogens (tertiary/aromatic N) is 1. The van der Waals surface area contributed by atoms with E-state index in [9.17, 15) is 42.7 Å². The number of alkyl halides is 2. The molecule has 14 nitrogen and oxygen atoms in total. The van der Waals surface area contributed by atoms with Crippen molar-refractivity contribution in [1.29, 1.82) is 0 Å². The molecule has 0 spiro atoms. The highest BCUT2D eigenvalue weighted by molar-refractivity contribution is 5.96. The van der Waals surface area contributed by atoms with E-state index in [2.05, 4.69) is 28.2 Å².